The normalized spacial score (nSPS) is 16.8. The number of aromatic nitrogens is 5. The summed E-state index contributed by atoms with van der Waals surface area (Å²) in [7, 11) is 0. The van der Waals surface area contributed by atoms with Crippen LogP contribution >= 0.6 is 0 Å². The number of pyridine rings is 1. The van der Waals surface area contributed by atoms with Crippen LogP contribution in [0.15, 0.2) is 47.3 Å². The number of nitrogens with one attached hydrogen (secondary N) is 1. The number of anilines is 1. The second-order valence-electron chi connectivity index (χ2n) is 10.3. The van der Waals surface area contributed by atoms with Crippen LogP contribution in [0.5, 0.6) is 11.5 Å². The van der Waals surface area contributed by atoms with E-state index < -0.39 is 6.04 Å². The number of para-hydroxylation sites is 1. The second-order valence-corrected chi connectivity index (χ2v) is 10.3. The molecule has 1 N–H and O–H groups in total. The van der Waals surface area contributed by atoms with Crippen LogP contribution in [0, 0.1) is 5.82 Å². The highest BCUT2D eigenvalue weighted by atomic mass is 19.1. The Balaban J connectivity index is 1.42. The van der Waals surface area contributed by atoms with Crippen molar-refractivity contribution in [1.29, 1.82) is 0 Å². The lowest BCUT2D eigenvalue weighted by molar-refractivity contribution is 0.174. The van der Waals surface area contributed by atoms with Gasteiger partial charge in [-0.25, -0.2) is 9.07 Å². The van der Waals surface area contributed by atoms with Crippen LogP contribution < -0.4 is 19.9 Å². The van der Waals surface area contributed by atoms with Gasteiger partial charge in [-0.1, -0.05) is 19.1 Å². The zero-order chi connectivity index (χ0) is 26.4. The molecule has 11 heteroatoms. The van der Waals surface area contributed by atoms with Gasteiger partial charge in [-0.3, -0.25) is 9.69 Å². The number of aromatic amines is 1. The Bertz CT molecular complexity index is 1540. The number of hydrogen-bond donors (Lipinski definition) is 1. The molecule has 0 spiro atoms. The van der Waals surface area contributed by atoms with Crippen molar-refractivity contribution in [1.82, 2.24) is 30.1 Å². The molecule has 0 bridgehead atoms. The van der Waals surface area contributed by atoms with Crippen LogP contribution in [0.1, 0.15) is 44.6 Å². The molecule has 2 aromatic carbocycles. The number of piperazine rings is 1. The van der Waals surface area contributed by atoms with Crippen molar-refractivity contribution < 1.29 is 13.9 Å². The van der Waals surface area contributed by atoms with E-state index in [1.54, 1.807) is 18.2 Å². The first-order valence-corrected chi connectivity index (χ1v) is 12.8. The fourth-order valence-electron chi connectivity index (χ4n) is 5.19. The van der Waals surface area contributed by atoms with Gasteiger partial charge in [-0.05, 0) is 55.0 Å². The molecule has 4 aromatic rings. The molecule has 1 saturated heterocycles. The van der Waals surface area contributed by atoms with Crippen LogP contribution in [0.3, 0.4) is 0 Å². The van der Waals surface area contributed by atoms with Crippen molar-refractivity contribution in [3.05, 3.63) is 70.0 Å². The van der Waals surface area contributed by atoms with Gasteiger partial charge in [-0.2, -0.15) is 0 Å². The predicted molar refractivity (Wildman–Crippen MR) is 140 cm³/mol. The van der Waals surface area contributed by atoms with Gasteiger partial charge in [0.25, 0.3) is 5.56 Å². The number of ether oxygens (including phenoxy) is 2. The van der Waals surface area contributed by atoms with E-state index in [9.17, 15) is 9.18 Å². The van der Waals surface area contributed by atoms with Crippen LogP contribution in [-0.4, -0.2) is 63.1 Å². The number of hydrogen-bond acceptors (Lipinski definition) is 8. The van der Waals surface area contributed by atoms with Crippen molar-refractivity contribution in [2.24, 2.45) is 0 Å². The van der Waals surface area contributed by atoms with E-state index in [2.05, 4.69) is 46.2 Å². The minimum atomic E-state index is -0.503. The monoisotopic (exact) mass is 519 g/mol. The summed E-state index contributed by atoms with van der Waals surface area (Å²) in [5.41, 5.74) is 1.21. The summed E-state index contributed by atoms with van der Waals surface area (Å²) in [6, 6.07) is 11.9. The molecular weight excluding hydrogens is 489 g/mol. The van der Waals surface area contributed by atoms with Gasteiger partial charge in [0.15, 0.2) is 17.3 Å². The zero-order valence-electron chi connectivity index (χ0n) is 21.6. The van der Waals surface area contributed by atoms with Crippen molar-refractivity contribution in [2.75, 3.05) is 37.9 Å². The van der Waals surface area contributed by atoms with Crippen LogP contribution in [0.2, 0.25) is 0 Å². The maximum Gasteiger partial charge on any atom is 0.253 e. The Kier molecular flexibility index (Phi) is 6.02. The van der Waals surface area contributed by atoms with Crippen LogP contribution in [0.25, 0.3) is 10.9 Å². The van der Waals surface area contributed by atoms with Crippen molar-refractivity contribution in [2.45, 2.75) is 38.8 Å². The van der Waals surface area contributed by atoms with Crippen LogP contribution in [-0.2, 0) is 5.54 Å². The van der Waals surface area contributed by atoms with Crippen molar-refractivity contribution in [3.8, 4) is 11.5 Å². The summed E-state index contributed by atoms with van der Waals surface area (Å²) >= 11 is 0. The average molecular weight is 520 g/mol. The first-order valence-electron chi connectivity index (χ1n) is 12.8. The zero-order valence-corrected chi connectivity index (χ0v) is 21.6. The molecule has 198 valence electrons. The molecule has 0 saturated carbocycles. The summed E-state index contributed by atoms with van der Waals surface area (Å²) in [5.74, 6) is 1.61. The third-order valence-corrected chi connectivity index (χ3v) is 7.71. The lowest BCUT2D eigenvalue weighted by Crippen LogP contribution is -2.49. The van der Waals surface area contributed by atoms with Gasteiger partial charge >= 0.3 is 0 Å². The Hall–Kier alpha value is -3.99. The topological polar surface area (TPSA) is 101 Å². The third kappa shape index (κ3) is 4.16. The summed E-state index contributed by atoms with van der Waals surface area (Å²) < 4.78 is 27.4. The molecule has 10 nitrogen and oxygen atoms in total. The summed E-state index contributed by atoms with van der Waals surface area (Å²) in [4.78, 5) is 20.8. The first-order chi connectivity index (χ1) is 18.4. The van der Waals surface area contributed by atoms with Gasteiger partial charge in [0.1, 0.15) is 11.9 Å². The maximum atomic E-state index is 14.5. The number of rotatable bonds is 6. The maximum absolute atomic E-state index is 14.5. The molecule has 2 aliphatic rings. The SMILES string of the molecule is CCC(C)(C)n1nnnc1[C@@H](c1cc2cc3c(cc2[nH]c1=O)OCO3)N1CCN(c2ccccc2F)CC1. The van der Waals surface area contributed by atoms with E-state index in [1.807, 2.05) is 27.8 Å². The molecule has 0 unspecified atom stereocenters. The van der Waals surface area contributed by atoms with E-state index in [0.717, 1.165) is 11.8 Å². The number of H-pyrrole nitrogens is 1. The Morgan fingerprint density at radius 1 is 1.08 bits per heavy atom. The van der Waals surface area contributed by atoms with E-state index in [-0.39, 0.29) is 23.7 Å². The van der Waals surface area contributed by atoms with Gasteiger partial charge in [0.05, 0.1) is 16.7 Å². The Labute approximate surface area is 219 Å². The number of halogens is 1. The quantitative estimate of drug-likeness (QED) is 0.414. The number of benzene rings is 2. The lowest BCUT2D eigenvalue weighted by Gasteiger charge is -2.40. The molecule has 0 radical (unpaired) electrons. The fraction of sp³-hybridized carbons (Fsp3) is 0.407. The van der Waals surface area contributed by atoms with Gasteiger partial charge in [-0.15, -0.1) is 5.10 Å². The summed E-state index contributed by atoms with van der Waals surface area (Å²) in [5, 5.41) is 13.6. The molecule has 4 heterocycles. The molecule has 6 rings (SSSR count). The standard InChI is InChI=1S/C27H30FN7O3/c1-4-27(2,3)35-25(30-31-32-35)24(34-11-9-33(10-12-34)21-8-6-5-7-19(21)28)18-13-17-14-22-23(38-16-37-22)15-20(17)29-26(18)36/h5-8,13-15,24H,4,9-12,16H2,1-3H3,(H,29,36)/t24-/m1/s1. The molecule has 1 atom stereocenters. The number of nitrogens with zero attached hydrogens (tertiary/aromatic N) is 6. The molecule has 38 heavy (non-hydrogen) atoms. The minimum Gasteiger partial charge on any atom is -0.454 e. The molecule has 0 aliphatic carbocycles. The van der Waals surface area contributed by atoms with Crippen LogP contribution in [0.4, 0.5) is 10.1 Å². The molecule has 2 aromatic heterocycles. The minimum absolute atomic E-state index is 0.151. The molecule has 0 amide bonds. The predicted octanol–water partition coefficient (Wildman–Crippen LogP) is 3.44. The highest BCUT2D eigenvalue weighted by Crippen LogP contribution is 2.37. The Morgan fingerprint density at radius 2 is 1.82 bits per heavy atom. The van der Waals surface area contributed by atoms with E-state index >= 15 is 0 Å². The number of tetrazole rings is 1. The average Bonchev–Trinajstić information content (AvgIpc) is 3.59. The molecular formula is C27H30FN7O3. The van der Waals surface area contributed by atoms with Crippen molar-refractivity contribution >= 4 is 16.6 Å². The summed E-state index contributed by atoms with van der Waals surface area (Å²) in [6.45, 7) is 8.77. The summed E-state index contributed by atoms with van der Waals surface area (Å²) in [6.07, 6.45) is 0.802. The van der Waals surface area contributed by atoms with E-state index in [4.69, 9.17) is 9.47 Å². The first kappa shape index (κ1) is 24.4. The highest BCUT2D eigenvalue weighted by Gasteiger charge is 2.36. The third-order valence-electron chi connectivity index (χ3n) is 7.71. The fourth-order valence-corrected chi connectivity index (χ4v) is 5.19. The van der Waals surface area contributed by atoms with Gasteiger partial charge in [0.2, 0.25) is 6.79 Å². The van der Waals surface area contributed by atoms with E-state index in [1.165, 1.54) is 6.07 Å². The van der Waals surface area contributed by atoms with E-state index in [0.29, 0.717) is 60.3 Å². The smallest absolute Gasteiger partial charge is 0.253 e. The lowest BCUT2D eigenvalue weighted by atomic mass is 9.98. The van der Waals surface area contributed by atoms with Gasteiger partial charge < -0.3 is 19.4 Å². The number of fused-ring (bicyclic) bond motifs is 2. The Morgan fingerprint density at radius 3 is 2.55 bits per heavy atom. The highest BCUT2D eigenvalue weighted by molar-refractivity contribution is 5.83. The molecule has 1 fully saturated rings. The molecule has 2 aliphatic heterocycles. The second kappa shape index (κ2) is 9.39. The van der Waals surface area contributed by atoms with Gasteiger partial charge in [0, 0.05) is 43.2 Å². The van der Waals surface area contributed by atoms with Crippen molar-refractivity contribution in [3.63, 3.8) is 0 Å². The largest absolute Gasteiger partial charge is 0.454 e.